The number of anilines is 1. The highest BCUT2D eigenvalue weighted by Crippen LogP contribution is 2.31. The average molecular weight is 315 g/mol. The second kappa shape index (κ2) is 5.61. The summed E-state index contributed by atoms with van der Waals surface area (Å²) in [6.45, 7) is -1.26. The van der Waals surface area contributed by atoms with E-state index in [1.54, 1.807) is 0 Å². The highest BCUT2D eigenvalue weighted by Gasteiger charge is 2.44. The van der Waals surface area contributed by atoms with Crippen molar-refractivity contribution in [1.29, 1.82) is 0 Å². The van der Waals surface area contributed by atoms with Crippen LogP contribution < -0.4 is 11.3 Å². The van der Waals surface area contributed by atoms with E-state index in [2.05, 4.69) is 19.7 Å². The molecule has 22 heavy (non-hydrogen) atoms. The van der Waals surface area contributed by atoms with E-state index in [-0.39, 0.29) is 23.7 Å². The Balaban J connectivity index is 1.96. The van der Waals surface area contributed by atoms with Gasteiger partial charge < -0.3 is 25.4 Å². The van der Waals surface area contributed by atoms with Crippen molar-refractivity contribution in [3.8, 4) is 0 Å². The van der Waals surface area contributed by atoms with Crippen LogP contribution in [0.5, 0.6) is 0 Å². The summed E-state index contributed by atoms with van der Waals surface area (Å²) in [6, 6.07) is 0. The van der Waals surface area contributed by atoms with E-state index in [1.807, 2.05) is 0 Å². The molecule has 1 aliphatic heterocycles. The van der Waals surface area contributed by atoms with E-state index in [9.17, 15) is 19.4 Å². The molecule has 0 saturated carbocycles. The zero-order chi connectivity index (χ0) is 15.9. The van der Waals surface area contributed by atoms with Crippen LogP contribution in [0.1, 0.15) is 6.23 Å². The summed E-state index contributed by atoms with van der Waals surface area (Å²) in [5, 5.41) is 20.0. The van der Waals surface area contributed by atoms with Crippen LogP contribution in [0.15, 0.2) is 11.1 Å². The predicted molar refractivity (Wildman–Crippen MR) is 70.4 cm³/mol. The normalized spacial score (nSPS) is 28.5. The van der Waals surface area contributed by atoms with Crippen molar-refractivity contribution in [2.24, 2.45) is 0 Å². The summed E-state index contributed by atoms with van der Waals surface area (Å²) >= 11 is 0. The van der Waals surface area contributed by atoms with E-state index in [1.165, 1.54) is 10.9 Å². The molecule has 0 amide bonds. The molecule has 0 unspecified atom stereocenters. The molecule has 2 aromatic rings. The maximum atomic E-state index is 12.0. The van der Waals surface area contributed by atoms with Gasteiger partial charge in [-0.25, -0.2) is 9.37 Å². The highest BCUT2D eigenvalue weighted by atomic mass is 19.1. The lowest BCUT2D eigenvalue weighted by Gasteiger charge is -2.16. The number of aromatic nitrogens is 4. The first-order valence-electron chi connectivity index (χ1n) is 6.40. The summed E-state index contributed by atoms with van der Waals surface area (Å²) in [6.07, 6.45) is -3.35. The number of rotatable bonds is 4. The Morgan fingerprint density at radius 3 is 3.00 bits per heavy atom. The van der Waals surface area contributed by atoms with Crippen LogP contribution in [0, 0.1) is 0 Å². The molecule has 0 spiro atoms. The number of nitrogens with one attached hydrogen (secondary N) is 1. The number of halogens is 1. The van der Waals surface area contributed by atoms with E-state index in [0.717, 1.165) is 0 Å². The van der Waals surface area contributed by atoms with Gasteiger partial charge in [0.25, 0.3) is 5.56 Å². The topological polar surface area (TPSA) is 149 Å². The van der Waals surface area contributed by atoms with Crippen LogP contribution in [-0.4, -0.2) is 61.5 Å². The number of aromatic amines is 1. The quantitative estimate of drug-likeness (QED) is 0.520. The standard InChI is InChI=1S/C11H14FN5O5/c12-2-21-1-4-6(18)7(19)10(22-4)17-3-14-5-8(17)15-11(13)16-9(5)20/h3-4,6-7,10,18-19H,1-2H2,(H3,13,15,16,20)/t4-,6-,7-,10-/m1/s1. The molecule has 0 bridgehead atoms. The molecule has 4 atom stereocenters. The van der Waals surface area contributed by atoms with Gasteiger partial charge in [0.2, 0.25) is 5.95 Å². The van der Waals surface area contributed by atoms with Crippen molar-refractivity contribution in [2.45, 2.75) is 24.5 Å². The van der Waals surface area contributed by atoms with Gasteiger partial charge in [0.1, 0.15) is 18.3 Å². The number of nitrogen functional groups attached to an aromatic ring is 1. The Morgan fingerprint density at radius 1 is 1.50 bits per heavy atom. The summed E-state index contributed by atoms with van der Waals surface area (Å²) in [7, 11) is 0. The molecule has 120 valence electrons. The summed E-state index contributed by atoms with van der Waals surface area (Å²) in [4.78, 5) is 21.8. The van der Waals surface area contributed by atoms with Crippen LogP contribution in [-0.2, 0) is 9.47 Å². The predicted octanol–water partition coefficient (Wildman–Crippen LogP) is -1.74. The molecule has 5 N–H and O–H groups in total. The SMILES string of the molecule is Nc1nc2c(ncn2[C@@H]2O[C@H](COCF)[C@@H](O)[C@H]2O)c(=O)[nH]1. The fourth-order valence-corrected chi connectivity index (χ4v) is 2.39. The number of alkyl halides is 1. The van der Waals surface area contributed by atoms with Gasteiger partial charge in [-0.2, -0.15) is 4.98 Å². The molecule has 10 nitrogen and oxygen atoms in total. The average Bonchev–Trinajstić information content (AvgIpc) is 3.00. The molecule has 1 saturated heterocycles. The summed E-state index contributed by atoms with van der Waals surface area (Å²) in [5.41, 5.74) is 5.07. The lowest BCUT2D eigenvalue weighted by atomic mass is 10.1. The zero-order valence-electron chi connectivity index (χ0n) is 11.2. The van der Waals surface area contributed by atoms with Crippen molar-refractivity contribution in [3.05, 3.63) is 16.7 Å². The first-order chi connectivity index (χ1) is 10.5. The molecule has 3 heterocycles. The third-order valence-corrected chi connectivity index (χ3v) is 3.42. The lowest BCUT2D eigenvalue weighted by molar-refractivity contribution is -0.0774. The van der Waals surface area contributed by atoms with E-state index in [0.29, 0.717) is 0 Å². The minimum atomic E-state index is -1.33. The highest BCUT2D eigenvalue weighted by molar-refractivity contribution is 5.70. The van der Waals surface area contributed by atoms with Crippen LogP contribution in [0.4, 0.5) is 10.3 Å². The third-order valence-electron chi connectivity index (χ3n) is 3.42. The van der Waals surface area contributed by atoms with Crippen LogP contribution in [0.25, 0.3) is 11.2 Å². The molecule has 11 heteroatoms. The second-order valence-electron chi connectivity index (χ2n) is 4.80. The Hall–Kier alpha value is -2.08. The molecule has 3 rings (SSSR count). The maximum Gasteiger partial charge on any atom is 0.280 e. The largest absolute Gasteiger partial charge is 0.387 e. The van der Waals surface area contributed by atoms with Crippen LogP contribution in [0.2, 0.25) is 0 Å². The minimum Gasteiger partial charge on any atom is -0.387 e. The number of nitrogens with zero attached hydrogens (tertiary/aromatic N) is 3. The number of nitrogens with two attached hydrogens (primary N) is 1. The van der Waals surface area contributed by atoms with Crippen LogP contribution in [0.3, 0.4) is 0 Å². The lowest BCUT2D eigenvalue weighted by Crippen LogP contribution is -2.33. The Morgan fingerprint density at radius 2 is 2.27 bits per heavy atom. The maximum absolute atomic E-state index is 12.0. The third kappa shape index (κ3) is 2.33. The molecule has 2 aromatic heterocycles. The van der Waals surface area contributed by atoms with Gasteiger partial charge in [0, 0.05) is 0 Å². The first kappa shape index (κ1) is 14.8. The molecule has 0 aromatic carbocycles. The van der Waals surface area contributed by atoms with Gasteiger partial charge in [-0.15, -0.1) is 0 Å². The number of aliphatic hydroxyl groups excluding tert-OH is 2. The first-order valence-corrected chi connectivity index (χ1v) is 6.40. The van der Waals surface area contributed by atoms with Gasteiger partial charge >= 0.3 is 0 Å². The van der Waals surface area contributed by atoms with Crippen molar-refractivity contribution in [2.75, 3.05) is 19.2 Å². The second-order valence-corrected chi connectivity index (χ2v) is 4.80. The number of fused-ring (bicyclic) bond motifs is 1. The summed E-state index contributed by atoms with van der Waals surface area (Å²) < 4.78 is 23.3. The zero-order valence-corrected chi connectivity index (χ0v) is 11.2. The van der Waals surface area contributed by atoms with E-state index in [4.69, 9.17) is 10.5 Å². The van der Waals surface area contributed by atoms with E-state index < -0.39 is 37.0 Å². The van der Waals surface area contributed by atoms with Crippen molar-refractivity contribution in [3.63, 3.8) is 0 Å². The molecular formula is C11H14FN5O5. The van der Waals surface area contributed by atoms with Gasteiger partial charge in [-0.1, -0.05) is 0 Å². The Kier molecular flexibility index (Phi) is 3.78. The van der Waals surface area contributed by atoms with Crippen molar-refractivity contribution < 1.29 is 24.1 Å². The fourth-order valence-electron chi connectivity index (χ4n) is 2.39. The summed E-state index contributed by atoms with van der Waals surface area (Å²) in [5.74, 6) is -0.121. The number of H-pyrrole nitrogens is 1. The van der Waals surface area contributed by atoms with Gasteiger partial charge in [-0.05, 0) is 0 Å². The molecule has 0 aliphatic carbocycles. The molecule has 0 radical (unpaired) electrons. The smallest absolute Gasteiger partial charge is 0.280 e. The van der Waals surface area contributed by atoms with Crippen LogP contribution >= 0.6 is 0 Å². The fraction of sp³-hybridized carbons (Fsp3) is 0.545. The molecular weight excluding hydrogens is 301 g/mol. The number of aliphatic hydroxyl groups is 2. The molecule has 1 fully saturated rings. The van der Waals surface area contributed by atoms with Gasteiger partial charge in [0.15, 0.2) is 24.3 Å². The van der Waals surface area contributed by atoms with Crippen molar-refractivity contribution >= 4 is 17.1 Å². The number of hydrogen-bond donors (Lipinski definition) is 4. The van der Waals surface area contributed by atoms with Gasteiger partial charge in [-0.3, -0.25) is 14.3 Å². The number of imidazole rings is 1. The Bertz CT molecular complexity index is 733. The monoisotopic (exact) mass is 315 g/mol. The minimum absolute atomic E-state index is 0.0166. The van der Waals surface area contributed by atoms with Gasteiger partial charge in [0.05, 0.1) is 12.9 Å². The Labute approximate surface area is 122 Å². The van der Waals surface area contributed by atoms with Crippen molar-refractivity contribution in [1.82, 2.24) is 19.5 Å². The number of hydrogen-bond acceptors (Lipinski definition) is 8. The van der Waals surface area contributed by atoms with E-state index >= 15 is 0 Å². The molecule has 1 aliphatic rings. The number of ether oxygens (including phenoxy) is 2.